The normalized spacial score (nSPS) is 12.9. The van der Waals surface area contributed by atoms with Gasteiger partial charge in [0.05, 0.1) is 0 Å². The predicted molar refractivity (Wildman–Crippen MR) is 169 cm³/mol. The quantitative estimate of drug-likeness (QED) is 0.215. The van der Waals surface area contributed by atoms with Crippen LogP contribution in [-0.2, 0) is 10.1 Å². The van der Waals surface area contributed by atoms with Crippen LogP contribution in [-0.4, -0.2) is 13.0 Å². The standard InChI is InChI=1S/C36H31NO4S/c1-22-9-7-10-23(2)31(22)19-26-15-17-28-32(20-26)41-33-21-27(37-36-24(3)11-8-12-25(36)4)16-18-29(33)35(28)30-13-5-6-14-34(30)42(38,39)40/h5-21,37H,1-4H3,(H,38,39,40)/b26-19+. The van der Waals surface area contributed by atoms with Crippen molar-refractivity contribution in [1.29, 1.82) is 0 Å². The number of hydrogen-bond acceptors (Lipinski definition) is 4. The van der Waals surface area contributed by atoms with Crippen LogP contribution in [0.25, 0.3) is 11.6 Å². The largest absolute Gasteiger partial charge is 0.456 e. The van der Waals surface area contributed by atoms with Crippen molar-refractivity contribution in [2.24, 2.45) is 0 Å². The van der Waals surface area contributed by atoms with Crippen LogP contribution in [0, 0.1) is 27.7 Å². The fourth-order valence-electron chi connectivity index (χ4n) is 5.64. The average molecular weight is 574 g/mol. The average Bonchev–Trinajstić information content (AvgIpc) is 2.95. The van der Waals surface area contributed by atoms with Crippen LogP contribution < -0.4 is 20.5 Å². The second-order valence-electron chi connectivity index (χ2n) is 10.8. The number of hydrogen-bond donors (Lipinski definition) is 2. The Morgan fingerprint density at radius 3 is 2.05 bits per heavy atom. The van der Waals surface area contributed by atoms with Gasteiger partial charge in [-0.2, -0.15) is 8.42 Å². The lowest BCUT2D eigenvalue weighted by atomic mass is 9.92. The smallest absolute Gasteiger partial charge is 0.295 e. The SMILES string of the molecule is Cc1cccc(C)c1/C=c1\ccc2c(c1)Oc1cc(Nc3c(C)cccc3C)ccc1C=2c1ccccc1S(=O)(=O)O. The molecular formula is C36H31NO4S. The Morgan fingerprint density at radius 1 is 0.690 bits per heavy atom. The number of anilines is 2. The summed E-state index contributed by atoms with van der Waals surface area (Å²) in [5, 5.41) is 5.23. The molecule has 0 amide bonds. The summed E-state index contributed by atoms with van der Waals surface area (Å²) in [6.07, 6.45) is 2.13. The van der Waals surface area contributed by atoms with Crippen molar-refractivity contribution in [2.45, 2.75) is 32.6 Å². The highest BCUT2D eigenvalue weighted by Crippen LogP contribution is 2.40. The van der Waals surface area contributed by atoms with E-state index in [-0.39, 0.29) is 4.90 Å². The fourth-order valence-corrected chi connectivity index (χ4v) is 6.34. The first-order valence-corrected chi connectivity index (χ1v) is 15.2. The van der Waals surface area contributed by atoms with Gasteiger partial charge in [-0.25, -0.2) is 0 Å². The van der Waals surface area contributed by atoms with E-state index in [1.807, 2.05) is 48.5 Å². The van der Waals surface area contributed by atoms with Crippen LogP contribution in [0.2, 0.25) is 0 Å². The molecule has 0 atom stereocenters. The van der Waals surface area contributed by atoms with Gasteiger partial charge in [-0.3, -0.25) is 4.55 Å². The van der Waals surface area contributed by atoms with Gasteiger partial charge in [0, 0.05) is 39.4 Å². The maximum atomic E-state index is 12.5. The Labute approximate surface area is 246 Å². The highest BCUT2D eigenvalue weighted by molar-refractivity contribution is 7.86. The highest BCUT2D eigenvalue weighted by atomic mass is 32.2. The Balaban J connectivity index is 1.58. The molecule has 6 heteroatoms. The van der Waals surface area contributed by atoms with Crippen LogP contribution in [0.3, 0.4) is 0 Å². The fraction of sp³-hybridized carbons (Fsp3) is 0.111. The molecule has 0 fully saturated rings. The molecule has 0 bridgehead atoms. The maximum absolute atomic E-state index is 12.5. The molecule has 210 valence electrons. The van der Waals surface area contributed by atoms with E-state index in [1.165, 1.54) is 17.2 Å². The first-order chi connectivity index (χ1) is 20.1. The van der Waals surface area contributed by atoms with Gasteiger partial charge in [0.2, 0.25) is 0 Å². The number of benzene rings is 5. The van der Waals surface area contributed by atoms with Crippen molar-refractivity contribution >= 4 is 33.1 Å². The zero-order valence-corrected chi connectivity index (χ0v) is 24.7. The van der Waals surface area contributed by atoms with E-state index in [1.54, 1.807) is 18.2 Å². The van der Waals surface area contributed by atoms with Gasteiger partial charge < -0.3 is 10.1 Å². The molecule has 1 heterocycles. The molecule has 5 nitrogen and oxygen atoms in total. The third kappa shape index (κ3) is 5.11. The van der Waals surface area contributed by atoms with Gasteiger partial charge in [-0.05, 0) is 97.1 Å². The van der Waals surface area contributed by atoms with Gasteiger partial charge >= 0.3 is 0 Å². The first kappa shape index (κ1) is 27.5. The number of rotatable bonds is 5. The van der Waals surface area contributed by atoms with Crippen LogP contribution >= 0.6 is 0 Å². The van der Waals surface area contributed by atoms with Crippen LogP contribution in [0.1, 0.15) is 38.9 Å². The predicted octanol–water partition coefficient (Wildman–Crippen LogP) is 7.09. The minimum atomic E-state index is -4.48. The van der Waals surface area contributed by atoms with Crippen molar-refractivity contribution < 1.29 is 17.7 Å². The van der Waals surface area contributed by atoms with Crippen molar-refractivity contribution in [2.75, 3.05) is 5.32 Å². The van der Waals surface area contributed by atoms with E-state index in [2.05, 4.69) is 63.4 Å². The third-order valence-electron chi connectivity index (χ3n) is 7.78. The highest BCUT2D eigenvalue weighted by Gasteiger charge is 2.25. The van der Waals surface area contributed by atoms with E-state index in [0.717, 1.165) is 44.1 Å². The topological polar surface area (TPSA) is 75.6 Å². The van der Waals surface area contributed by atoms with Gasteiger partial charge in [0.15, 0.2) is 0 Å². The molecular weight excluding hydrogens is 542 g/mol. The van der Waals surface area contributed by atoms with Crippen LogP contribution in [0.4, 0.5) is 11.4 Å². The molecule has 0 saturated heterocycles. The van der Waals surface area contributed by atoms with Crippen molar-refractivity contribution in [3.8, 4) is 11.5 Å². The van der Waals surface area contributed by atoms with Crippen molar-refractivity contribution in [1.82, 2.24) is 0 Å². The summed E-state index contributed by atoms with van der Waals surface area (Å²) in [4.78, 5) is -0.150. The van der Waals surface area contributed by atoms with Gasteiger partial charge in [-0.15, -0.1) is 0 Å². The zero-order chi connectivity index (χ0) is 29.6. The Morgan fingerprint density at radius 2 is 1.36 bits per heavy atom. The monoisotopic (exact) mass is 573 g/mol. The number of aryl methyl sites for hydroxylation is 4. The van der Waals surface area contributed by atoms with E-state index >= 15 is 0 Å². The molecule has 2 N–H and O–H groups in total. The molecule has 0 aromatic heterocycles. The minimum Gasteiger partial charge on any atom is -0.456 e. The summed E-state index contributed by atoms with van der Waals surface area (Å²) in [6, 6.07) is 30.7. The molecule has 5 aromatic carbocycles. The summed E-state index contributed by atoms with van der Waals surface area (Å²) in [5.74, 6) is 1.19. The van der Waals surface area contributed by atoms with Gasteiger partial charge in [0.25, 0.3) is 10.1 Å². The number of nitrogens with one attached hydrogen (secondary N) is 1. The first-order valence-electron chi connectivity index (χ1n) is 13.7. The molecule has 1 aliphatic heterocycles. The number of fused-ring (bicyclic) bond motifs is 2. The van der Waals surface area contributed by atoms with Crippen molar-refractivity contribution in [3.63, 3.8) is 0 Å². The van der Waals surface area contributed by atoms with Crippen molar-refractivity contribution in [3.05, 3.63) is 146 Å². The summed E-state index contributed by atoms with van der Waals surface area (Å²) in [5.41, 5.74) is 9.44. The van der Waals surface area contributed by atoms with E-state index < -0.39 is 10.1 Å². The van der Waals surface area contributed by atoms with Crippen LogP contribution in [0.5, 0.6) is 11.5 Å². The van der Waals surface area contributed by atoms with Gasteiger partial charge in [0.1, 0.15) is 16.4 Å². The second-order valence-corrected chi connectivity index (χ2v) is 12.1. The third-order valence-corrected chi connectivity index (χ3v) is 8.70. The molecule has 42 heavy (non-hydrogen) atoms. The summed E-state index contributed by atoms with van der Waals surface area (Å²) in [7, 11) is -4.48. The minimum absolute atomic E-state index is 0.150. The molecule has 0 saturated carbocycles. The van der Waals surface area contributed by atoms with E-state index in [0.29, 0.717) is 22.6 Å². The molecule has 5 aromatic rings. The molecule has 6 rings (SSSR count). The van der Waals surface area contributed by atoms with E-state index in [9.17, 15) is 13.0 Å². The molecule has 0 aliphatic carbocycles. The van der Waals surface area contributed by atoms with Crippen LogP contribution in [0.15, 0.2) is 102 Å². The molecule has 0 spiro atoms. The maximum Gasteiger partial charge on any atom is 0.295 e. The summed E-state index contributed by atoms with van der Waals surface area (Å²) in [6.45, 7) is 8.30. The second kappa shape index (κ2) is 10.6. The Hall–Kier alpha value is -4.65. The molecule has 0 radical (unpaired) electrons. The molecule has 1 aliphatic rings. The number of ether oxygens (including phenoxy) is 1. The Kier molecular flexibility index (Phi) is 6.97. The summed E-state index contributed by atoms with van der Waals surface area (Å²) < 4.78 is 41.6. The van der Waals surface area contributed by atoms with Gasteiger partial charge in [-0.1, -0.05) is 60.7 Å². The zero-order valence-electron chi connectivity index (χ0n) is 23.9. The lowest BCUT2D eigenvalue weighted by Gasteiger charge is -2.23. The summed E-state index contributed by atoms with van der Waals surface area (Å²) >= 11 is 0. The lowest BCUT2D eigenvalue weighted by molar-refractivity contribution is 0.471. The lowest BCUT2D eigenvalue weighted by Crippen LogP contribution is -2.21. The molecule has 0 unspecified atom stereocenters. The number of para-hydroxylation sites is 1. The Bertz CT molecular complexity index is 2070. The van der Waals surface area contributed by atoms with E-state index in [4.69, 9.17) is 4.74 Å².